The van der Waals surface area contributed by atoms with E-state index in [-0.39, 0.29) is 23.0 Å². The summed E-state index contributed by atoms with van der Waals surface area (Å²) in [4.78, 5) is 12.4. The minimum Gasteiger partial charge on any atom is -0.507 e. The maximum Gasteiger partial charge on any atom is 0.244 e. The molecule has 0 spiro atoms. The van der Waals surface area contributed by atoms with Crippen LogP contribution in [0.5, 0.6) is 5.75 Å². The Labute approximate surface area is 152 Å². The number of nitrogens with one attached hydrogen (secondary N) is 1. The molecule has 4 nitrogen and oxygen atoms in total. The van der Waals surface area contributed by atoms with Gasteiger partial charge in [0.2, 0.25) is 5.91 Å². The van der Waals surface area contributed by atoms with Gasteiger partial charge in [-0.3, -0.25) is 4.79 Å². The summed E-state index contributed by atoms with van der Waals surface area (Å²) in [6, 6.07) is 21.3. The molecule has 3 aromatic carbocycles. The second-order valence-electron chi connectivity index (χ2n) is 6.99. The average Bonchev–Trinajstić information content (AvgIpc) is 3.37. The summed E-state index contributed by atoms with van der Waals surface area (Å²) in [5, 5.41) is 16.1. The van der Waals surface area contributed by atoms with Crippen LogP contribution in [0, 0.1) is 5.92 Å². The fourth-order valence-electron chi connectivity index (χ4n) is 3.54. The van der Waals surface area contributed by atoms with Gasteiger partial charge in [0.1, 0.15) is 5.75 Å². The topological polar surface area (TPSA) is 61.7 Å². The molecule has 3 aromatic rings. The zero-order valence-electron chi connectivity index (χ0n) is 14.5. The number of hydrogen-bond acceptors (Lipinski definition) is 3. The van der Waals surface area contributed by atoms with Gasteiger partial charge in [0.05, 0.1) is 12.1 Å². The smallest absolute Gasteiger partial charge is 0.244 e. The first-order valence-electron chi connectivity index (χ1n) is 8.69. The highest BCUT2D eigenvalue weighted by Crippen LogP contribution is 2.53. The van der Waals surface area contributed by atoms with Crippen molar-refractivity contribution in [1.82, 2.24) is 5.43 Å². The molecule has 1 aliphatic carbocycles. The standard InChI is InChI=1S/C22H20N2O2/c1-22(16-8-3-2-4-9-16)13-19(22)21(26)24-23-14-18-17-10-6-5-7-15(17)11-12-20(18)25/h2-12,14,19,25H,13H2,1H3,(H,24,26)/b23-14+. The van der Waals surface area contributed by atoms with E-state index in [2.05, 4.69) is 29.6 Å². The number of phenols is 1. The predicted octanol–water partition coefficient (Wildman–Crippen LogP) is 3.97. The number of phenolic OH excluding ortho intramolecular Hbond substituents is 1. The first-order chi connectivity index (χ1) is 12.6. The molecule has 1 fully saturated rings. The van der Waals surface area contributed by atoms with Gasteiger partial charge in [-0.15, -0.1) is 0 Å². The molecule has 4 rings (SSSR count). The minimum atomic E-state index is -0.123. The predicted molar refractivity (Wildman–Crippen MR) is 103 cm³/mol. The Hall–Kier alpha value is -3.14. The van der Waals surface area contributed by atoms with Gasteiger partial charge in [-0.2, -0.15) is 5.10 Å². The number of fused-ring (bicyclic) bond motifs is 1. The van der Waals surface area contributed by atoms with Gasteiger partial charge in [-0.1, -0.05) is 67.6 Å². The van der Waals surface area contributed by atoms with Crippen molar-refractivity contribution in [2.75, 3.05) is 0 Å². The summed E-state index contributed by atoms with van der Waals surface area (Å²) in [5.74, 6) is -0.0299. The molecule has 0 heterocycles. The summed E-state index contributed by atoms with van der Waals surface area (Å²) in [7, 11) is 0. The summed E-state index contributed by atoms with van der Waals surface area (Å²) in [6.45, 7) is 2.10. The maximum atomic E-state index is 12.4. The summed E-state index contributed by atoms with van der Waals surface area (Å²) in [5.41, 5.74) is 4.29. The van der Waals surface area contributed by atoms with Crippen molar-refractivity contribution >= 4 is 22.9 Å². The van der Waals surface area contributed by atoms with Gasteiger partial charge in [-0.05, 0) is 28.8 Å². The number of aromatic hydroxyl groups is 1. The third-order valence-corrected chi connectivity index (χ3v) is 5.30. The molecule has 2 unspecified atom stereocenters. The molecule has 1 saturated carbocycles. The summed E-state index contributed by atoms with van der Waals surface area (Å²) >= 11 is 0. The van der Waals surface area contributed by atoms with E-state index in [1.54, 1.807) is 6.07 Å². The average molecular weight is 344 g/mol. The van der Waals surface area contributed by atoms with E-state index in [1.165, 1.54) is 11.8 Å². The number of hydrazone groups is 1. The summed E-state index contributed by atoms with van der Waals surface area (Å²) in [6.07, 6.45) is 2.33. The lowest BCUT2D eigenvalue weighted by Crippen LogP contribution is -2.23. The van der Waals surface area contributed by atoms with Crippen LogP contribution in [0.25, 0.3) is 10.8 Å². The van der Waals surface area contributed by atoms with Gasteiger partial charge in [0.25, 0.3) is 0 Å². The van der Waals surface area contributed by atoms with E-state index in [1.807, 2.05) is 48.5 Å². The lowest BCUT2D eigenvalue weighted by atomic mass is 9.95. The molecule has 4 heteroatoms. The Bertz CT molecular complexity index is 997. The van der Waals surface area contributed by atoms with Crippen LogP contribution in [0.3, 0.4) is 0 Å². The third-order valence-electron chi connectivity index (χ3n) is 5.30. The quantitative estimate of drug-likeness (QED) is 0.556. The van der Waals surface area contributed by atoms with Crippen molar-refractivity contribution in [3.63, 3.8) is 0 Å². The number of amides is 1. The molecule has 2 atom stereocenters. The molecule has 0 bridgehead atoms. The van der Waals surface area contributed by atoms with Crippen LogP contribution in [0.4, 0.5) is 0 Å². The molecule has 130 valence electrons. The van der Waals surface area contributed by atoms with Crippen LogP contribution in [-0.2, 0) is 10.2 Å². The first kappa shape index (κ1) is 16.3. The van der Waals surface area contributed by atoms with Crippen LogP contribution in [0.15, 0.2) is 71.8 Å². The summed E-state index contributed by atoms with van der Waals surface area (Å²) < 4.78 is 0. The van der Waals surface area contributed by atoms with Gasteiger partial charge in [-0.25, -0.2) is 5.43 Å². The Morgan fingerprint density at radius 2 is 1.85 bits per heavy atom. The van der Waals surface area contributed by atoms with Crippen molar-refractivity contribution in [1.29, 1.82) is 0 Å². The van der Waals surface area contributed by atoms with Crippen LogP contribution >= 0.6 is 0 Å². The van der Waals surface area contributed by atoms with Crippen LogP contribution in [0.2, 0.25) is 0 Å². The molecule has 26 heavy (non-hydrogen) atoms. The van der Waals surface area contributed by atoms with Crippen molar-refractivity contribution < 1.29 is 9.90 Å². The van der Waals surface area contributed by atoms with Crippen LogP contribution in [-0.4, -0.2) is 17.2 Å². The molecular weight excluding hydrogens is 324 g/mol. The molecular formula is C22H20N2O2. The zero-order chi connectivity index (χ0) is 18.1. The van der Waals surface area contributed by atoms with Gasteiger partial charge >= 0.3 is 0 Å². The highest BCUT2D eigenvalue weighted by molar-refractivity contribution is 6.02. The Morgan fingerprint density at radius 1 is 1.12 bits per heavy atom. The van der Waals surface area contributed by atoms with Crippen molar-refractivity contribution in [3.05, 3.63) is 77.9 Å². The normalized spacial score (nSPS) is 21.8. The van der Waals surface area contributed by atoms with E-state index < -0.39 is 0 Å². The van der Waals surface area contributed by atoms with Crippen LogP contribution < -0.4 is 5.43 Å². The molecule has 0 aromatic heterocycles. The van der Waals surface area contributed by atoms with E-state index in [0.29, 0.717) is 5.56 Å². The number of carbonyl (C=O) groups excluding carboxylic acids is 1. The lowest BCUT2D eigenvalue weighted by Gasteiger charge is -2.10. The Balaban J connectivity index is 1.49. The molecule has 2 N–H and O–H groups in total. The number of carbonyl (C=O) groups is 1. The minimum absolute atomic E-state index is 0.0804. The van der Waals surface area contributed by atoms with E-state index in [4.69, 9.17) is 0 Å². The van der Waals surface area contributed by atoms with E-state index >= 15 is 0 Å². The first-order valence-corrected chi connectivity index (χ1v) is 8.69. The Kier molecular flexibility index (Phi) is 3.96. The van der Waals surface area contributed by atoms with Crippen molar-refractivity contribution in [2.24, 2.45) is 11.0 Å². The van der Waals surface area contributed by atoms with Crippen molar-refractivity contribution in [3.8, 4) is 5.75 Å². The Morgan fingerprint density at radius 3 is 2.65 bits per heavy atom. The molecule has 0 saturated heterocycles. The highest BCUT2D eigenvalue weighted by Gasteiger charge is 2.55. The van der Waals surface area contributed by atoms with Gasteiger partial charge < -0.3 is 5.11 Å². The fourth-order valence-corrected chi connectivity index (χ4v) is 3.54. The number of nitrogens with zero attached hydrogens (tertiary/aromatic N) is 1. The lowest BCUT2D eigenvalue weighted by molar-refractivity contribution is -0.122. The highest BCUT2D eigenvalue weighted by atomic mass is 16.3. The second kappa shape index (κ2) is 6.30. The zero-order valence-corrected chi connectivity index (χ0v) is 14.5. The largest absolute Gasteiger partial charge is 0.507 e. The number of hydrogen-bond donors (Lipinski definition) is 2. The van der Waals surface area contributed by atoms with E-state index in [0.717, 1.165) is 17.2 Å². The molecule has 1 amide bonds. The number of rotatable bonds is 4. The second-order valence-corrected chi connectivity index (χ2v) is 6.99. The maximum absolute atomic E-state index is 12.4. The van der Waals surface area contributed by atoms with Gasteiger partial charge in [0.15, 0.2) is 0 Å². The third kappa shape index (κ3) is 2.84. The number of benzene rings is 3. The fraction of sp³-hybridized carbons (Fsp3) is 0.182. The van der Waals surface area contributed by atoms with Gasteiger partial charge in [0, 0.05) is 11.0 Å². The molecule has 1 aliphatic rings. The monoisotopic (exact) mass is 344 g/mol. The SMILES string of the molecule is CC1(c2ccccc2)CC1C(=O)N/N=C/c1c(O)ccc2ccccc12. The van der Waals surface area contributed by atoms with Crippen LogP contribution in [0.1, 0.15) is 24.5 Å². The molecule has 0 aliphatic heterocycles. The van der Waals surface area contributed by atoms with Crippen molar-refractivity contribution in [2.45, 2.75) is 18.8 Å². The van der Waals surface area contributed by atoms with E-state index in [9.17, 15) is 9.90 Å². The molecule has 0 radical (unpaired) electrons.